The Morgan fingerprint density at radius 2 is 2.16 bits per heavy atom. The number of methoxy groups -OCH3 is 1. The second-order valence-electron chi connectivity index (χ2n) is 3.78. The highest BCUT2D eigenvalue weighted by molar-refractivity contribution is 5.71. The fraction of sp³-hybridized carbons (Fsp3) is 0.154. The molecule has 19 heavy (non-hydrogen) atoms. The number of hydrogen-bond acceptors (Lipinski definition) is 4. The molecule has 5 nitrogen and oxygen atoms in total. The SMILES string of the molecule is COc1nc(-c2ccccc2F)ncc1CC(=O)O. The second-order valence-corrected chi connectivity index (χ2v) is 3.78. The molecule has 0 fully saturated rings. The largest absolute Gasteiger partial charge is 0.481 e. The Balaban J connectivity index is 2.45. The minimum atomic E-state index is -1.01. The van der Waals surface area contributed by atoms with Crippen LogP contribution in [0.25, 0.3) is 11.4 Å². The predicted molar refractivity (Wildman–Crippen MR) is 65.3 cm³/mol. The third-order valence-corrected chi connectivity index (χ3v) is 2.47. The number of nitrogens with zero attached hydrogens (tertiary/aromatic N) is 2. The Hall–Kier alpha value is -2.50. The summed E-state index contributed by atoms with van der Waals surface area (Å²) < 4.78 is 18.6. The maximum Gasteiger partial charge on any atom is 0.308 e. The fourth-order valence-corrected chi connectivity index (χ4v) is 1.62. The topological polar surface area (TPSA) is 72.3 Å². The molecule has 0 radical (unpaired) electrons. The lowest BCUT2D eigenvalue weighted by Gasteiger charge is -2.07. The number of hydrogen-bond donors (Lipinski definition) is 1. The number of carboxylic acids is 1. The van der Waals surface area contributed by atoms with Gasteiger partial charge in [-0.15, -0.1) is 0 Å². The molecule has 0 unspecified atom stereocenters. The highest BCUT2D eigenvalue weighted by Gasteiger charge is 2.13. The highest BCUT2D eigenvalue weighted by atomic mass is 19.1. The first kappa shape index (κ1) is 12.9. The van der Waals surface area contributed by atoms with Crippen molar-refractivity contribution in [1.29, 1.82) is 0 Å². The normalized spacial score (nSPS) is 10.2. The van der Waals surface area contributed by atoms with E-state index in [-0.39, 0.29) is 23.7 Å². The van der Waals surface area contributed by atoms with Crippen LogP contribution in [0.4, 0.5) is 4.39 Å². The van der Waals surface area contributed by atoms with Crippen LogP contribution in [0.1, 0.15) is 5.56 Å². The van der Waals surface area contributed by atoms with E-state index in [4.69, 9.17) is 9.84 Å². The summed E-state index contributed by atoms with van der Waals surface area (Å²) in [5.74, 6) is -1.17. The van der Waals surface area contributed by atoms with Crippen LogP contribution in [0.5, 0.6) is 5.88 Å². The first-order chi connectivity index (χ1) is 9.11. The van der Waals surface area contributed by atoms with Crippen LogP contribution in [0, 0.1) is 5.82 Å². The molecule has 0 aliphatic carbocycles. The number of aliphatic carboxylic acids is 1. The first-order valence-electron chi connectivity index (χ1n) is 5.48. The van der Waals surface area contributed by atoms with Gasteiger partial charge in [-0.25, -0.2) is 9.37 Å². The Morgan fingerprint density at radius 3 is 2.79 bits per heavy atom. The number of carboxylic acid groups (broad SMARTS) is 1. The molecule has 0 aliphatic heterocycles. The average Bonchev–Trinajstić information content (AvgIpc) is 2.39. The maximum absolute atomic E-state index is 13.6. The van der Waals surface area contributed by atoms with E-state index in [1.165, 1.54) is 19.4 Å². The van der Waals surface area contributed by atoms with Gasteiger partial charge in [0.1, 0.15) is 5.82 Å². The summed E-state index contributed by atoms with van der Waals surface area (Å²) >= 11 is 0. The standard InChI is InChI=1S/C13H11FN2O3/c1-19-13-8(6-11(17)18)7-15-12(16-13)9-4-2-3-5-10(9)14/h2-5,7H,6H2,1H3,(H,17,18). The van der Waals surface area contributed by atoms with Crippen molar-refractivity contribution in [1.82, 2.24) is 9.97 Å². The lowest BCUT2D eigenvalue weighted by molar-refractivity contribution is -0.136. The molecule has 0 saturated heterocycles. The van der Waals surface area contributed by atoms with E-state index in [2.05, 4.69) is 9.97 Å². The van der Waals surface area contributed by atoms with Gasteiger partial charge in [0.15, 0.2) is 5.82 Å². The van der Waals surface area contributed by atoms with Crippen molar-refractivity contribution in [3.63, 3.8) is 0 Å². The van der Waals surface area contributed by atoms with Gasteiger partial charge in [-0.3, -0.25) is 4.79 Å². The van der Waals surface area contributed by atoms with Crippen molar-refractivity contribution in [2.45, 2.75) is 6.42 Å². The molecule has 0 spiro atoms. The molecule has 1 heterocycles. The van der Waals surface area contributed by atoms with Crippen LogP contribution in [0.15, 0.2) is 30.5 Å². The Kier molecular flexibility index (Phi) is 3.70. The molecule has 0 bridgehead atoms. The van der Waals surface area contributed by atoms with E-state index in [9.17, 15) is 9.18 Å². The van der Waals surface area contributed by atoms with E-state index >= 15 is 0 Å². The van der Waals surface area contributed by atoms with Crippen LogP contribution in [-0.2, 0) is 11.2 Å². The zero-order valence-corrected chi connectivity index (χ0v) is 10.1. The molecule has 98 valence electrons. The molecule has 0 aliphatic rings. The van der Waals surface area contributed by atoms with E-state index < -0.39 is 11.8 Å². The minimum absolute atomic E-state index is 0.135. The van der Waals surface area contributed by atoms with Crippen molar-refractivity contribution in [2.24, 2.45) is 0 Å². The maximum atomic E-state index is 13.6. The number of halogens is 1. The van der Waals surface area contributed by atoms with Crippen molar-refractivity contribution >= 4 is 5.97 Å². The summed E-state index contributed by atoms with van der Waals surface area (Å²) in [7, 11) is 1.37. The van der Waals surface area contributed by atoms with Crippen molar-refractivity contribution < 1.29 is 19.0 Å². The third-order valence-electron chi connectivity index (χ3n) is 2.47. The minimum Gasteiger partial charge on any atom is -0.481 e. The van der Waals surface area contributed by atoms with Crippen LogP contribution in [0.3, 0.4) is 0 Å². The monoisotopic (exact) mass is 262 g/mol. The molecule has 0 saturated carbocycles. The molecule has 0 amide bonds. The van der Waals surface area contributed by atoms with E-state index in [0.29, 0.717) is 5.56 Å². The summed E-state index contributed by atoms with van der Waals surface area (Å²) in [5.41, 5.74) is 0.581. The highest BCUT2D eigenvalue weighted by Crippen LogP contribution is 2.23. The number of carbonyl (C=O) groups is 1. The number of benzene rings is 1. The Labute approximate surface area is 108 Å². The molecule has 1 aromatic heterocycles. The smallest absolute Gasteiger partial charge is 0.308 e. The molecule has 2 rings (SSSR count). The molecule has 1 aromatic carbocycles. The van der Waals surface area contributed by atoms with Gasteiger partial charge in [0.2, 0.25) is 5.88 Å². The van der Waals surface area contributed by atoms with Gasteiger partial charge >= 0.3 is 5.97 Å². The molecular weight excluding hydrogens is 251 g/mol. The summed E-state index contributed by atoms with van der Waals surface area (Å²) in [6.45, 7) is 0. The van der Waals surface area contributed by atoms with Crippen molar-refractivity contribution in [2.75, 3.05) is 7.11 Å². The van der Waals surface area contributed by atoms with E-state index in [0.717, 1.165) is 0 Å². The predicted octanol–water partition coefficient (Wildman–Crippen LogP) is 1.92. The summed E-state index contributed by atoms with van der Waals surface area (Å²) in [5, 5.41) is 8.75. The van der Waals surface area contributed by atoms with Gasteiger partial charge < -0.3 is 9.84 Å². The van der Waals surface area contributed by atoms with Gasteiger partial charge in [0, 0.05) is 11.8 Å². The Bertz CT molecular complexity index is 617. The quantitative estimate of drug-likeness (QED) is 0.911. The fourth-order valence-electron chi connectivity index (χ4n) is 1.62. The first-order valence-corrected chi connectivity index (χ1v) is 5.48. The number of ether oxygens (including phenoxy) is 1. The summed E-state index contributed by atoms with van der Waals surface area (Å²) in [6, 6.07) is 6.07. The van der Waals surface area contributed by atoms with Gasteiger partial charge in [0.25, 0.3) is 0 Å². The zero-order chi connectivity index (χ0) is 13.8. The lowest BCUT2D eigenvalue weighted by Crippen LogP contribution is -2.05. The molecule has 1 N–H and O–H groups in total. The summed E-state index contributed by atoms with van der Waals surface area (Å²) in [6.07, 6.45) is 1.09. The lowest BCUT2D eigenvalue weighted by atomic mass is 10.2. The van der Waals surface area contributed by atoms with E-state index in [1.807, 2.05) is 0 Å². The molecule has 0 atom stereocenters. The van der Waals surface area contributed by atoms with Crippen LogP contribution in [0.2, 0.25) is 0 Å². The summed E-state index contributed by atoms with van der Waals surface area (Å²) in [4.78, 5) is 18.7. The zero-order valence-electron chi connectivity index (χ0n) is 10.1. The Morgan fingerprint density at radius 1 is 1.42 bits per heavy atom. The van der Waals surface area contributed by atoms with E-state index in [1.54, 1.807) is 18.2 Å². The van der Waals surface area contributed by atoms with Crippen LogP contribution < -0.4 is 4.74 Å². The van der Waals surface area contributed by atoms with Crippen molar-refractivity contribution in [3.8, 4) is 17.3 Å². The molecule has 2 aromatic rings. The number of rotatable bonds is 4. The average molecular weight is 262 g/mol. The molecular formula is C13H11FN2O3. The second kappa shape index (κ2) is 5.43. The van der Waals surface area contributed by atoms with Crippen molar-refractivity contribution in [3.05, 3.63) is 41.8 Å². The van der Waals surface area contributed by atoms with Crippen LogP contribution in [-0.4, -0.2) is 28.2 Å². The third kappa shape index (κ3) is 2.85. The van der Waals surface area contributed by atoms with Gasteiger partial charge in [-0.2, -0.15) is 4.98 Å². The van der Waals surface area contributed by atoms with Gasteiger partial charge in [-0.05, 0) is 12.1 Å². The number of aromatic nitrogens is 2. The van der Waals surface area contributed by atoms with Gasteiger partial charge in [-0.1, -0.05) is 12.1 Å². The van der Waals surface area contributed by atoms with Crippen LogP contribution >= 0.6 is 0 Å². The van der Waals surface area contributed by atoms with Gasteiger partial charge in [0.05, 0.1) is 19.1 Å². The molecule has 6 heteroatoms.